The van der Waals surface area contributed by atoms with Crippen LogP contribution >= 0.6 is 0 Å². The second kappa shape index (κ2) is 15.1. The summed E-state index contributed by atoms with van der Waals surface area (Å²) >= 11 is 0. The van der Waals surface area contributed by atoms with Gasteiger partial charge in [0.25, 0.3) is 0 Å². The molecule has 18 heavy (non-hydrogen) atoms. The van der Waals surface area contributed by atoms with E-state index in [1.165, 1.54) is 14.2 Å². The van der Waals surface area contributed by atoms with Gasteiger partial charge in [0.05, 0.1) is 14.2 Å². The van der Waals surface area contributed by atoms with E-state index in [0.717, 1.165) is 19.3 Å². The van der Waals surface area contributed by atoms with E-state index >= 15 is 0 Å². The van der Waals surface area contributed by atoms with E-state index in [9.17, 15) is 9.59 Å². The van der Waals surface area contributed by atoms with Crippen LogP contribution in [0.3, 0.4) is 0 Å². The zero-order valence-corrected chi connectivity index (χ0v) is 14.5. The molecule has 0 aromatic carbocycles. The van der Waals surface area contributed by atoms with Gasteiger partial charge in [-0.2, -0.15) is 0 Å². The molecule has 0 fully saturated rings. The zero-order valence-electron chi connectivity index (χ0n) is 10.8. The fourth-order valence-electron chi connectivity index (χ4n) is 1.08. The normalized spacial score (nSPS) is 10.2. The first-order chi connectivity index (χ1) is 7.60. The van der Waals surface area contributed by atoms with Gasteiger partial charge in [0.2, 0.25) is 0 Å². The van der Waals surface area contributed by atoms with Gasteiger partial charge in [-0.15, -0.1) is 0 Å². The fourth-order valence-corrected chi connectivity index (χ4v) is 1.08. The van der Waals surface area contributed by atoms with Crippen molar-refractivity contribution in [3.05, 3.63) is 6.92 Å². The second-order valence-corrected chi connectivity index (χ2v) is 3.25. The summed E-state index contributed by atoms with van der Waals surface area (Å²) in [6, 6.07) is -0.175. The molecule has 0 heterocycles. The number of nitrogens with one attached hydrogen (secondary N) is 2. The third-order valence-corrected chi connectivity index (χ3v) is 1.94. The third-order valence-electron chi connectivity index (χ3n) is 1.94. The molecule has 6 nitrogen and oxygen atoms in total. The summed E-state index contributed by atoms with van der Waals surface area (Å²) in [4.78, 5) is 21.5. The van der Waals surface area contributed by atoms with Gasteiger partial charge < -0.3 is 40.5 Å². The van der Waals surface area contributed by atoms with E-state index < -0.39 is 12.2 Å². The van der Waals surface area contributed by atoms with Crippen LogP contribution in [0.15, 0.2) is 0 Å². The van der Waals surface area contributed by atoms with Crippen LogP contribution in [0.5, 0.6) is 0 Å². The molecule has 0 bridgehead atoms. The summed E-state index contributed by atoms with van der Waals surface area (Å²) in [5.41, 5.74) is 0. The Kier molecular flexibility index (Phi) is 19.3. The molecular formula is C10H20N2O4SY-2. The molecule has 8 heteroatoms. The fraction of sp³-hybridized carbons (Fsp3) is 0.700. The Morgan fingerprint density at radius 1 is 1.17 bits per heavy atom. The summed E-state index contributed by atoms with van der Waals surface area (Å²) in [5, 5.41) is 5.12. The number of hydrogen-bond acceptors (Lipinski definition) is 5. The summed E-state index contributed by atoms with van der Waals surface area (Å²) in [6.45, 7) is 4.30. The van der Waals surface area contributed by atoms with Crippen molar-refractivity contribution in [3.8, 4) is 0 Å². The van der Waals surface area contributed by atoms with Gasteiger partial charge in [-0.3, -0.25) is 0 Å². The van der Waals surface area contributed by atoms with Gasteiger partial charge in [-0.25, -0.2) is 9.59 Å². The first kappa shape index (κ1) is 23.1. The maximum absolute atomic E-state index is 10.8. The quantitative estimate of drug-likeness (QED) is 0.320. The topological polar surface area (TPSA) is 76.7 Å². The van der Waals surface area contributed by atoms with Crippen LogP contribution in [-0.2, 0) is 55.7 Å². The van der Waals surface area contributed by atoms with Crippen LogP contribution in [0.25, 0.3) is 0 Å². The number of hydrogen-bond donors (Lipinski definition) is 2. The van der Waals surface area contributed by atoms with Crippen molar-refractivity contribution in [2.75, 3.05) is 20.8 Å². The first-order valence-electron chi connectivity index (χ1n) is 5.09. The predicted octanol–water partition coefficient (Wildman–Crippen LogP) is 0.799. The molecule has 0 aliphatic heterocycles. The average molecular weight is 353 g/mol. The van der Waals surface area contributed by atoms with E-state index in [0.29, 0.717) is 6.54 Å². The number of carbonyl (C=O) groups excluding carboxylic acids is 2. The largest absolute Gasteiger partial charge is 0.813 e. The number of thiol groups is 1. The molecule has 2 N–H and O–H groups in total. The molecule has 1 atom stereocenters. The van der Waals surface area contributed by atoms with Gasteiger partial charge in [0.1, 0.15) is 0 Å². The molecule has 2 amide bonds. The summed E-state index contributed by atoms with van der Waals surface area (Å²) in [5.74, 6) is 0. The maximum atomic E-state index is 10.8. The minimum absolute atomic E-state index is 0. The smallest absolute Gasteiger partial charge is 0.406 e. The Balaban J connectivity index is -0.00000112. The van der Waals surface area contributed by atoms with Gasteiger partial charge in [-0.1, -0.05) is 18.9 Å². The summed E-state index contributed by atoms with van der Waals surface area (Å²) < 4.78 is 8.84. The van der Waals surface area contributed by atoms with Crippen molar-refractivity contribution in [3.63, 3.8) is 0 Å². The first-order valence-corrected chi connectivity index (χ1v) is 5.09. The summed E-state index contributed by atoms with van der Waals surface area (Å²) in [7, 11) is 2.63. The van der Waals surface area contributed by atoms with Crippen molar-refractivity contribution in [1.82, 2.24) is 10.6 Å². The predicted molar refractivity (Wildman–Crippen MR) is 67.7 cm³/mol. The third kappa shape index (κ3) is 14.1. The second-order valence-electron chi connectivity index (χ2n) is 3.25. The van der Waals surface area contributed by atoms with Gasteiger partial charge in [0.15, 0.2) is 0 Å². The Morgan fingerprint density at radius 2 is 1.72 bits per heavy atom. The number of carbonyl (C=O) groups is 2. The molecule has 0 spiro atoms. The van der Waals surface area contributed by atoms with Crippen molar-refractivity contribution >= 4 is 25.7 Å². The van der Waals surface area contributed by atoms with Crippen LogP contribution in [0.1, 0.15) is 19.3 Å². The number of ether oxygens (including phenoxy) is 2. The monoisotopic (exact) mass is 353 g/mol. The van der Waals surface area contributed by atoms with E-state index in [1.54, 1.807) is 0 Å². The molecule has 0 aromatic heterocycles. The molecular weight excluding hydrogens is 333 g/mol. The summed E-state index contributed by atoms with van der Waals surface area (Å²) in [6.07, 6.45) is 1.48. The van der Waals surface area contributed by atoms with Crippen molar-refractivity contribution in [1.29, 1.82) is 0 Å². The molecule has 0 aliphatic rings. The molecule has 0 aliphatic carbocycles. The van der Waals surface area contributed by atoms with Crippen LogP contribution in [0.2, 0.25) is 0 Å². The van der Waals surface area contributed by atoms with Crippen molar-refractivity contribution in [2.45, 2.75) is 25.3 Å². The standard InChI is InChI=1S/C10H19N2O4.H2S.Y/c1-8(12-10(14)16-3)6-4-5-7-11-9(13)15-2;;/h8H,1,4-7H2,2-3H3,(H,11,13)(H,12,14);1H2;/q-1;;/p-1. The van der Waals surface area contributed by atoms with Crippen molar-refractivity contribution in [2.24, 2.45) is 0 Å². The minimum atomic E-state index is -0.479. The van der Waals surface area contributed by atoms with E-state index in [-0.39, 0.29) is 52.2 Å². The van der Waals surface area contributed by atoms with E-state index in [1.807, 2.05) is 0 Å². The Bertz CT molecular complexity index is 232. The van der Waals surface area contributed by atoms with Crippen molar-refractivity contribution < 1.29 is 51.8 Å². The molecule has 1 unspecified atom stereocenters. The van der Waals surface area contributed by atoms with Gasteiger partial charge in [0, 0.05) is 39.3 Å². The molecule has 0 aromatic rings. The maximum Gasteiger partial charge on any atom is 0.406 e. The van der Waals surface area contributed by atoms with Crippen LogP contribution < -0.4 is 10.6 Å². The van der Waals surface area contributed by atoms with E-state index in [4.69, 9.17) is 0 Å². The molecule has 0 rings (SSSR count). The number of rotatable bonds is 6. The molecule has 1 radical (unpaired) electrons. The number of methoxy groups -OCH3 is 2. The van der Waals surface area contributed by atoms with Crippen LogP contribution in [-0.4, -0.2) is 39.0 Å². The SMILES string of the molecule is [CH2-]C(CCCCNC(=O)OC)NC(=O)OC.[SH-].[Y]. The van der Waals surface area contributed by atoms with Gasteiger partial charge in [-0.05, 0) is 6.42 Å². The van der Waals surface area contributed by atoms with E-state index in [2.05, 4.69) is 27.0 Å². The number of alkyl carbamates (subject to hydrolysis) is 2. The Labute approximate surface area is 140 Å². The minimum Gasteiger partial charge on any atom is -0.813 e. The van der Waals surface area contributed by atoms with Crippen LogP contribution in [0.4, 0.5) is 9.59 Å². The average Bonchev–Trinajstić information content (AvgIpc) is 2.27. The van der Waals surface area contributed by atoms with Gasteiger partial charge >= 0.3 is 12.2 Å². The Hall–Kier alpha value is -0.00610. The van der Waals surface area contributed by atoms with Crippen LogP contribution in [0, 0.1) is 6.92 Å². The number of amides is 2. The molecule has 0 saturated carbocycles. The molecule has 0 saturated heterocycles. The number of unbranched alkanes of at least 4 members (excludes halogenated alkanes) is 1. The zero-order chi connectivity index (χ0) is 12.4. The molecule has 105 valence electrons. The Morgan fingerprint density at radius 3 is 2.22 bits per heavy atom.